The highest BCUT2D eigenvalue weighted by atomic mass is 19.4. The van der Waals surface area contributed by atoms with Gasteiger partial charge in [0.2, 0.25) is 0 Å². The Morgan fingerprint density at radius 2 is 1.88 bits per heavy atom. The van der Waals surface area contributed by atoms with Gasteiger partial charge < -0.3 is 15.3 Å². The molecule has 0 saturated heterocycles. The van der Waals surface area contributed by atoms with Gasteiger partial charge in [-0.25, -0.2) is 4.79 Å². The molecule has 2 N–H and O–H groups in total. The van der Waals surface area contributed by atoms with Gasteiger partial charge in [-0.2, -0.15) is 13.2 Å². The van der Waals surface area contributed by atoms with Crippen LogP contribution in [0.15, 0.2) is 0 Å². The normalized spacial score (nSPS) is 11.4. The molecule has 0 aliphatic heterocycles. The van der Waals surface area contributed by atoms with Crippen LogP contribution in [0.5, 0.6) is 0 Å². The van der Waals surface area contributed by atoms with Gasteiger partial charge in [0.05, 0.1) is 0 Å². The van der Waals surface area contributed by atoms with E-state index in [0.717, 1.165) is 4.90 Å². The molecule has 2 amide bonds. The summed E-state index contributed by atoms with van der Waals surface area (Å²) in [6.45, 7) is 1.44. The monoisotopic (exact) mass is 256 g/mol. The Morgan fingerprint density at radius 3 is 2.24 bits per heavy atom. The van der Waals surface area contributed by atoms with E-state index in [0.29, 0.717) is 0 Å². The third-order valence-electron chi connectivity index (χ3n) is 1.64. The second-order valence-electron chi connectivity index (χ2n) is 3.94. The van der Waals surface area contributed by atoms with Crippen LogP contribution < -0.4 is 5.32 Å². The van der Waals surface area contributed by atoms with Gasteiger partial charge in [0, 0.05) is 6.54 Å². The molecule has 0 fully saturated rings. The number of nitrogens with one attached hydrogen (secondary N) is 1. The van der Waals surface area contributed by atoms with Crippen LogP contribution in [0.2, 0.25) is 0 Å². The number of hydrogen-bond donors (Lipinski definition) is 2. The van der Waals surface area contributed by atoms with Crippen molar-refractivity contribution in [2.45, 2.75) is 20.0 Å². The van der Waals surface area contributed by atoms with Crippen LogP contribution in [0.4, 0.5) is 18.0 Å². The Hall–Kier alpha value is -1.47. The van der Waals surface area contributed by atoms with E-state index in [-0.39, 0.29) is 12.5 Å². The molecule has 5 nitrogen and oxygen atoms in total. The number of urea groups is 1. The van der Waals surface area contributed by atoms with Crippen molar-refractivity contribution < 1.29 is 27.9 Å². The molecule has 17 heavy (non-hydrogen) atoms. The van der Waals surface area contributed by atoms with Crippen molar-refractivity contribution in [2.24, 2.45) is 5.92 Å². The maximum Gasteiger partial charge on any atom is 0.405 e. The lowest BCUT2D eigenvalue weighted by atomic mass is 10.2. The third-order valence-corrected chi connectivity index (χ3v) is 1.64. The highest BCUT2D eigenvalue weighted by molar-refractivity contribution is 5.80. The van der Waals surface area contributed by atoms with Crippen molar-refractivity contribution in [1.82, 2.24) is 10.2 Å². The van der Waals surface area contributed by atoms with Crippen LogP contribution >= 0.6 is 0 Å². The van der Waals surface area contributed by atoms with Crippen molar-refractivity contribution in [2.75, 3.05) is 19.6 Å². The van der Waals surface area contributed by atoms with Gasteiger partial charge in [-0.3, -0.25) is 4.79 Å². The number of hydrogen-bond acceptors (Lipinski definition) is 2. The lowest BCUT2D eigenvalue weighted by Crippen LogP contribution is -2.47. The number of amides is 2. The van der Waals surface area contributed by atoms with E-state index in [1.54, 1.807) is 19.2 Å². The smallest absolute Gasteiger partial charge is 0.405 e. The first-order chi connectivity index (χ1) is 7.61. The second kappa shape index (κ2) is 6.31. The largest absolute Gasteiger partial charge is 0.480 e. The predicted molar refractivity (Wildman–Crippen MR) is 53.5 cm³/mol. The fourth-order valence-electron chi connectivity index (χ4n) is 1.11. The summed E-state index contributed by atoms with van der Waals surface area (Å²) in [7, 11) is 0. The van der Waals surface area contributed by atoms with Gasteiger partial charge in [-0.1, -0.05) is 13.8 Å². The first-order valence-corrected chi connectivity index (χ1v) is 4.93. The molecule has 0 unspecified atom stereocenters. The quantitative estimate of drug-likeness (QED) is 0.779. The maximum absolute atomic E-state index is 11.9. The Morgan fingerprint density at radius 1 is 1.35 bits per heavy atom. The summed E-state index contributed by atoms with van der Waals surface area (Å²) < 4.78 is 35.6. The number of carboxylic acid groups (broad SMARTS) is 1. The molecule has 0 aromatic carbocycles. The van der Waals surface area contributed by atoms with E-state index in [1.807, 2.05) is 0 Å². The molecule has 0 heterocycles. The number of nitrogens with zero attached hydrogens (tertiary/aromatic N) is 1. The fourth-order valence-corrected chi connectivity index (χ4v) is 1.11. The van der Waals surface area contributed by atoms with E-state index in [1.165, 1.54) is 0 Å². The maximum atomic E-state index is 11.9. The molecule has 8 heteroatoms. The third kappa shape index (κ3) is 8.35. The number of alkyl halides is 3. The fraction of sp³-hybridized carbons (Fsp3) is 0.778. The predicted octanol–water partition coefficient (Wildman–Crippen LogP) is 1.30. The van der Waals surface area contributed by atoms with Gasteiger partial charge in [0.1, 0.15) is 13.1 Å². The molecular weight excluding hydrogens is 241 g/mol. The Labute approximate surface area is 96.6 Å². The molecule has 0 atom stereocenters. The molecule has 0 radical (unpaired) electrons. The molecule has 100 valence electrons. The zero-order valence-electron chi connectivity index (χ0n) is 9.54. The number of rotatable bonds is 5. The average Bonchev–Trinajstić information content (AvgIpc) is 2.10. The lowest BCUT2D eigenvalue weighted by Gasteiger charge is -2.23. The number of carbonyl (C=O) groups is 2. The first-order valence-electron chi connectivity index (χ1n) is 4.93. The Kier molecular flexibility index (Phi) is 5.77. The molecule has 0 saturated carbocycles. The van der Waals surface area contributed by atoms with Gasteiger partial charge in [0.25, 0.3) is 0 Å². The SMILES string of the molecule is CC(C)CN(CC(=O)O)C(=O)NCC(F)(F)F. The number of carbonyl (C=O) groups excluding carboxylic acids is 1. The molecule has 0 aliphatic carbocycles. The van der Waals surface area contributed by atoms with Gasteiger partial charge in [0.15, 0.2) is 0 Å². The van der Waals surface area contributed by atoms with Crippen molar-refractivity contribution in [1.29, 1.82) is 0 Å². The van der Waals surface area contributed by atoms with Crippen molar-refractivity contribution in [3.8, 4) is 0 Å². The zero-order valence-corrected chi connectivity index (χ0v) is 9.54. The van der Waals surface area contributed by atoms with Crippen LogP contribution in [0, 0.1) is 5.92 Å². The van der Waals surface area contributed by atoms with Crippen LogP contribution in [0.25, 0.3) is 0 Å². The van der Waals surface area contributed by atoms with E-state index in [9.17, 15) is 22.8 Å². The average molecular weight is 256 g/mol. The summed E-state index contributed by atoms with van der Waals surface area (Å²) in [4.78, 5) is 22.6. The molecule has 0 aromatic heterocycles. The van der Waals surface area contributed by atoms with Gasteiger partial charge >= 0.3 is 18.2 Å². The van der Waals surface area contributed by atoms with Gasteiger partial charge in [-0.15, -0.1) is 0 Å². The minimum atomic E-state index is -4.51. The van der Waals surface area contributed by atoms with Crippen LogP contribution in [-0.4, -0.2) is 47.8 Å². The number of aliphatic carboxylic acids is 1. The summed E-state index contributed by atoms with van der Waals surface area (Å²) in [5, 5.41) is 10.2. The molecule has 0 bridgehead atoms. The second-order valence-corrected chi connectivity index (χ2v) is 3.94. The van der Waals surface area contributed by atoms with Crippen molar-refractivity contribution in [3.63, 3.8) is 0 Å². The Bertz CT molecular complexity index is 279. The molecule has 0 rings (SSSR count). The number of carboxylic acids is 1. The summed E-state index contributed by atoms with van der Waals surface area (Å²) >= 11 is 0. The topological polar surface area (TPSA) is 69.6 Å². The minimum absolute atomic E-state index is 0.0361. The highest BCUT2D eigenvalue weighted by Gasteiger charge is 2.29. The zero-order chi connectivity index (χ0) is 13.6. The standard InChI is InChI=1S/C9H15F3N2O3/c1-6(2)3-14(4-7(15)16)8(17)13-5-9(10,11)12/h6H,3-5H2,1-2H3,(H,13,17)(H,15,16). The first kappa shape index (κ1) is 15.5. The molecule has 0 spiro atoms. The van der Waals surface area contributed by atoms with Crippen molar-refractivity contribution in [3.05, 3.63) is 0 Å². The summed E-state index contributed by atoms with van der Waals surface area (Å²) in [5.74, 6) is -1.31. The summed E-state index contributed by atoms with van der Waals surface area (Å²) in [6, 6.07) is -1.03. The van der Waals surface area contributed by atoms with Crippen LogP contribution in [0.3, 0.4) is 0 Å². The molecule has 0 aromatic rings. The van der Waals surface area contributed by atoms with E-state index in [4.69, 9.17) is 5.11 Å². The van der Waals surface area contributed by atoms with Gasteiger partial charge in [-0.05, 0) is 5.92 Å². The van der Waals surface area contributed by atoms with E-state index < -0.39 is 31.3 Å². The Balaban J connectivity index is 4.37. The highest BCUT2D eigenvalue weighted by Crippen LogP contribution is 2.12. The summed E-state index contributed by atoms with van der Waals surface area (Å²) in [6.07, 6.45) is -4.51. The van der Waals surface area contributed by atoms with Crippen molar-refractivity contribution >= 4 is 12.0 Å². The van der Waals surface area contributed by atoms with E-state index in [2.05, 4.69) is 0 Å². The molecule has 0 aliphatic rings. The van der Waals surface area contributed by atoms with Crippen LogP contribution in [-0.2, 0) is 4.79 Å². The molecular formula is C9H15F3N2O3. The van der Waals surface area contributed by atoms with E-state index >= 15 is 0 Å². The summed E-state index contributed by atoms with van der Waals surface area (Å²) in [5.41, 5.74) is 0. The number of halogens is 3. The lowest BCUT2D eigenvalue weighted by molar-refractivity contribution is -0.137. The van der Waals surface area contributed by atoms with Crippen LogP contribution in [0.1, 0.15) is 13.8 Å². The minimum Gasteiger partial charge on any atom is -0.480 e.